The summed E-state index contributed by atoms with van der Waals surface area (Å²) >= 11 is 0. The van der Waals surface area contributed by atoms with Crippen LogP contribution in [-0.2, 0) is 9.53 Å². The van der Waals surface area contributed by atoms with Crippen molar-refractivity contribution < 1.29 is 9.53 Å². The summed E-state index contributed by atoms with van der Waals surface area (Å²) in [7, 11) is 0. The Labute approximate surface area is 79.8 Å². The van der Waals surface area contributed by atoms with Crippen molar-refractivity contribution in [2.45, 2.75) is 26.2 Å². The minimum absolute atomic E-state index is 0.0513. The van der Waals surface area contributed by atoms with Gasteiger partial charge in [-0.2, -0.15) is 0 Å². The monoisotopic (exact) mass is 188 g/mol. The van der Waals surface area contributed by atoms with Crippen LogP contribution in [0.25, 0.3) is 0 Å². The molecule has 0 saturated heterocycles. The maximum Gasteiger partial charge on any atom is 0.245 e. The molecule has 0 radical (unpaired) electrons. The average molecular weight is 188 g/mol. The summed E-state index contributed by atoms with van der Waals surface area (Å²) in [5.74, 6) is -0.0513. The van der Waals surface area contributed by atoms with Crippen LogP contribution < -0.4 is 11.1 Å². The van der Waals surface area contributed by atoms with Gasteiger partial charge in [-0.1, -0.05) is 13.3 Å². The first kappa shape index (κ1) is 12.4. The van der Waals surface area contributed by atoms with Crippen LogP contribution in [0, 0.1) is 0 Å². The Hall–Kier alpha value is -0.610. The molecule has 0 aliphatic carbocycles. The number of amides is 1. The fourth-order valence-corrected chi connectivity index (χ4v) is 0.792. The molecule has 0 aliphatic rings. The molecule has 0 saturated carbocycles. The van der Waals surface area contributed by atoms with Crippen molar-refractivity contribution in [3.8, 4) is 0 Å². The molecule has 0 heterocycles. The Kier molecular flexibility index (Phi) is 9.03. The average Bonchev–Trinajstić information content (AvgIpc) is 2.13. The highest BCUT2D eigenvalue weighted by Gasteiger charge is 1.98. The molecule has 1 amide bonds. The molecule has 0 atom stereocenters. The van der Waals surface area contributed by atoms with Gasteiger partial charge in [-0.05, 0) is 19.4 Å². The van der Waals surface area contributed by atoms with E-state index >= 15 is 0 Å². The predicted molar refractivity (Wildman–Crippen MR) is 52.4 cm³/mol. The topological polar surface area (TPSA) is 64.3 Å². The SMILES string of the molecule is CCCCOCC(=O)NCCCN. The normalized spacial score (nSPS) is 10.0. The summed E-state index contributed by atoms with van der Waals surface area (Å²) in [6.45, 7) is 4.18. The summed E-state index contributed by atoms with van der Waals surface area (Å²) in [6.07, 6.45) is 2.92. The number of nitrogens with two attached hydrogens (primary N) is 1. The van der Waals surface area contributed by atoms with Gasteiger partial charge in [0.05, 0.1) is 0 Å². The van der Waals surface area contributed by atoms with Crippen LogP contribution in [-0.4, -0.2) is 32.2 Å². The molecule has 4 nitrogen and oxygen atoms in total. The third kappa shape index (κ3) is 9.30. The van der Waals surface area contributed by atoms with Gasteiger partial charge < -0.3 is 15.8 Å². The third-order valence-electron chi connectivity index (χ3n) is 1.58. The number of hydrogen-bond donors (Lipinski definition) is 2. The van der Waals surface area contributed by atoms with E-state index in [1.54, 1.807) is 0 Å². The van der Waals surface area contributed by atoms with Crippen molar-refractivity contribution in [1.82, 2.24) is 5.32 Å². The molecule has 3 N–H and O–H groups in total. The number of hydrogen-bond acceptors (Lipinski definition) is 3. The first-order valence-corrected chi connectivity index (χ1v) is 4.85. The van der Waals surface area contributed by atoms with Crippen molar-refractivity contribution in [3.63, 3.8) is 0 Å². The molecule has 0 aromatic heterocycles. The van der Waals surface area contributed by atoms with Crippen LogP contribution in [0.2, 0.25) is 0 Å². The zero-order chi connectivity index (χ0) is 9.94. The number of carbonyl (C=O) groups excluding carboxylic acids is 1. The number of rotatable bonds is 8. The van der Waals surface area contributed by atoms with Crippen molar-refractivity contribution >= 4 is 5.91 Å². The van der Waals surface area contributed by atoms with Gasteiger partial charge in [0.15, 0.2) is 0 Å². The summed E-state index contributed by atoms with van der Waals surface area (Å²) in [4.78, 5) is 11.0. The zero-order valence-electron chi connectivity index (χ0n) is 8.34. The molecule has 13 heavy (non-hydrogen) atoms. The lowest BCUT2D eigenvalue weighted by Gasteiger charge is -2.04. The highest BCUT2D eigenvalue weighted by Crippen LogP contribution is 1.87. The van der Waals surface area contributed by atoms with E-state index < -0.39 is 0 Å². The fourth-order valence-electron chi connectivity index (χ4n) is 0.792. The van der Waals surface area contributed by atoms with Crippen LogP contribution in [0.4, 0.5) is 0 Å². The molecule has 0 aliphatic heterocycles. The molecule has 0 bridgehead atoms. The van der Waals surface area contributed by atoms with Gasteiger partial charge in [0, 0.05) is 13.2 Å². The second-order valence-electron chi connectivity index (χ2n) is 2.90. The number of ether oxygens (including phenoxy) is 1. The lowest BCUT2D eigenvalue weighted by Crippen LogP contribution is -2.29. The van der Waals surface area contributed by atoms with Gasteiger partial charge in [-0.25, -0.2) is 0 Å². The Morgan fingerprint density at radius 1 is 1.46 bits per heavy atom. The molecule has 0 rings (SSSR count). The van der Waals surface area contributed by atoms with E-state index in [1.807, 2.05) is 0 Å². The third-order valence-corrected chi connectivity index (χ3v) is 1.58. The van der Waals surface area contributed by atoms with Gasteiger partial charge in [-0.15, -0.1) is 0 Å². The molecular weight excluding hydrogens is 168 g/mol. The highest BCUT2D eigenvalue weighted by molar-refractivity contribution is 5.77. The Morgan fingerprint density at radius 2 is 2.23 bits per heavy atom. The van der Waals surface area contributed by atoms with Crippen LogP contribution in [0.3, 0.4) is 0 Å². The standard InChI is InChI=1S/C9H20N2O2/c1-2-3-7-13-8-9(12)11-6-4-5-10/h2-8,10H2,1H3,(H,11,12). The molecule has 78 valence electrons. The summed E-state index contributed by atoms with van der Waals surface area (Å²) in [5.41, 5.74) is 5.27. The van der Waals surface area contributed by atoms with E-state index in [0.29, 0.717) is 19.7 Å². The summed E-state index contributed by atoms with van der Waals surface area (Å²) < 4.78 is 5.12. The lowest BCUT2D eigenvalue weighted by atomic mass is 10.4. The molecule has 0 aromatic carbocycles. The van der Waals surface area contributed by atoms with Gasteiger partial charge >= 0.3 is 0 Å². The molecular formula is C9H20N2O2. The summed E-state index contributed by atoms with van der Waals surface area (Å²) in [5, 5.41) is 2.72. The van der Waals surface area contributed by atoms with Crippen molar-refractivity contribution in [1.29, 1.82) is 0 Å². The van der Waals surface area contributed by atoms with E-state index in [0.717, 1.165) is 19.3 Å². The minimum Gasteiger partial charge on any atom is -0.372 e. The van der Waals surface area contributed by atoms with Gasteiger partial charge in [-0.3, -0.25) is 4.79 Å². The maximum atomic E-state index is 11.0. The van der Waals surface area contributed by atoms with E-state index in [-0.39, 0.29) is 12.5 Å². The van der Waals surface area contributed by atoms with Gasteiger partial charge in [0.25, 0.3) is 0 Å². The Bertz CT molecular complexity index is 129. The number of unbranched alkanes of at least 4 members (excludes halogenated alkanes) is 1. The molecule has 0 unspecified atom stereocenters. The molecule has 0 fully saturated rings. The smallest absolute Gasteiger partial charge is 0.245 e. The van der Waals surface area contributed by atoms with Crippen molar-refractivity contribution in [3.05, 3.63) is 0 Å². The predicted octanol–water partition coefficient (Wildman–Crippen LogP) is 0.268. The highest BCUT2D eigenvalue weighted by atomic mass is 16.5. The van der Waals surface area contributed by atoms with Gasteiger partial charge in [0.1, 0.15) is 6.61 Å². The first-order chi connectivity index (χ1) is 6.31. The largest absolute Gasteiger partial charge is 0.372 e. The number of nitrogens with one attached hydrogen (secondary N) is 1. The van der Waals surface area contributed by atoms with Crippen molar-refractivity contribution in [2.24, 2.45) is 5.73 Å². The lowest BCUT2D eigenvalue weighted by molar-refractivity contribution is -0.125. The van der Waals surface area contributed by atoms with Gasteiger partial charge in [0.2, 0.25) is 5.91 Å². The van der Waals surface area contributed by atoms with Crippen LogP contribution >= 0.6 is 0 Å². The van der Waals surface area contributed by atoms with E-state index in [4.69, 9.17) is 10.5 Å². The second kappa shape index (κ2) is 9.48. The quantitative estimate of drug-likeness (QED) is 0.537. The van der Waals surface area contributed by atoms with Crippen molar-refractivity contribution in [2.75, 3.05) is 26.3 Å². The van der Waals surface area contributed by atoms with E-state index in [2.05, 4.69) is 12.2 Å². The van der Waals surface area contributed by atoms with Crippen LogP contribution in [0.15, 0.2) is 0 Å². The zero-order valence-corrected chi connectivity index (χ0v) is 8.34. The van der Waals surface area contributed by atoms with Crippen LogP contribution in [0.1, 0.15) is 26.2 Å². The second-order valence-corrected chi connectivity index (χ2v) is 2.90. The number of carbonyl (C=O) groups is 1. The van der Waals surface area contributed by atoms with Crippen LogP contribution in [0.5, 0.6) is 0 Å². The minimum atomic E-state index is -0.0513. The summed E-state index contributed by atoms with van der Waals surface area (Å²) in [6, 6.07) is 0. The molecule has 0 spiro atoms. The van der Waals surface area contributed by atoms with E-state index in [9.17, 15) is 4.79 Å². The van der Waals surface area contributed by atoms with E-state index in [1.165, 1.54) is 0 Å². The molecule has 4 heteroatoms. The Balaban J connectivity index is 3.11. The fraction of sp³-hybridized carbons (Fsp3) is 0.889. The Morgan fingerprint density at radius 3 is 2.85 bits per heavy atom. The first-order valence-electron chi connectivity index (χ1n) is 4.85. The molecule has 0 aromatic rings. The maximum absolute atomic E-state index is 11.0.